The van der Waals surface area contributed by atoms with E-state index >= 15 is 0 Å². The van der Waals surface area contributed by atoms with Gasteiger partial charge in [-0.25, -0.2) is 0 Å². The summed E-state index contributed by atoms with van der Waals surface area (Å²) < 4.78 is 0. The molecule has 2 rings (SSSR count). The molecule has 0 aliphatic carbocycles. The first-order valence-corrected chi connectivity index (χ1v) is 6.34. The van der Waals surface area contributed by atoms with Crippen molar-refractivity contribution in [1.82, 2.24) is 4.90 Å². The van der Waals surface area contributed by atoms with Crippen molar-refractivity contribution < 1.29 is 14.7 Å². The van der Waals surface area contributed by atoms with Gasteiger partial charge in [-0.05, 0) is 12.1 Å². The van der Waals surface area contributed by atoms with Crippen molar-refractivity contribution in [3.63, 3.8) is 0 Å². The molecule has 0 spiro atoms. The van der Waals surface area contributed by atoms with Crippen LogP contribution in [0.1, 0.15) is 0 Å². The van der Waals surface area contributed by atoms with E-state index in [1.807, 2.05) is 30.3 Å². The van der Waals surface area contributed by atoms with Crippen LogP contribution in [0.5, 0.6) is 0 Å². The summed E-state index contributed by atoms with van der Waals surface area (Å²) in [5.41, 5.74) is 0. The summed E-state index contributed by atoms with van der Waals surface area (Å²) in [6.07, 6.45) is 0. The lowest BCUT2D eigenvalue weighted by molar-refractivity contribution is -0.151. The Morgan fingerprint density at radius 2 is 1.94 bits per heavy atom. The van der Waals surface area contributed by atoms with E-state index in [0.29, 0.717) is 18.8 Å². The molecule has 4 nitrogen and oxygen atoms in total. The third kappa shape index (κ3) is 3.00. The van der Waals surface area contributed by atoms with E-state index in [-0.39, 0.29) is 11.8 Å². The summed E-state index contributed by atoms with van der Waals surface area (Å²) in [7, 11) is 0. The molecule has 1 N–H and O–H groups in total. The predicted octanol–water partition coefficient (Wildman–Crippen LogP) is 1.32. The van der Waals surface area contributed by atoms with Gasteiger partial charge in [-0.3, -0.25) is 9.59 Å². The second kappa shape index (κ2) is 5.23. The third-order valence-electron chi connectivity index (χ3n) is 2.69. The predicted molar refractivity (Wildman–Crippen MR) is 64.9 cm³/mol. The van der Waals surface area contributed by atoms with Gasteiger partial charge in [0, 0.05) is 18.0 Å². The molecular formula is C12H13NO3S. The Labute approximate surface area is 104 Å². The van der Waals surface area contributed by atoms with E-state index in [2.05, 4.69) is 0 Å². The van der Waals surface area contributed by atoms with Crippen LogP contribution >= 0.6 is 11.8 Å². The second-order valence-electron chi connectivity index (χ2n) is 3.94. The molecule has 0 radical (unpaired) electrons. The molecule has 1 aliphatic heterocycles. The Kier molecular flexibility index (Phi) is 3.68. The minimum absolute atomic E-state index is 0.0105. The molecule has 90 valence electrons. The summed E-state index contributed by atoms with van der Waals surface area (Å²) in [5, 5.41) is 8.70. The average Bonchev–Trinajstić information content (AvgIpc) is 2.25. The largest absolute Gasteiger partial charge is 0.481 e. The van der Waals surface area contributed by atoms with Gasteiger partial charge in [0.2, 0.25) is 5.91 Å². The number of aliphatic carboxylic acids is 1. The van der Waals surface area contributed by atoms with Gasteiger partial charge in [0.15, 0.2) is 0 Å². The van der Waals surface area contributed by atoms with Gasteiger partial charge in [0.25, 0.3) is 0 Å². The second-order valence-corrected chi connectivity index (χ2v) is 4.98. The number of hydrogen-bond donors (Lipinski definition) is 1. The third-order valence-corrected chi connectivity index (χ3v) is 3.69. The van der Waals surface area contributed by atoms with E-state index < -0.39 is 5.97 Å². The number of carboxylic acids is 1. The highest BCUT2D eigenvalue weighted by Crippen LogP contribution is 2.21. The molecule has 1 aliphatic rings. The Morgan fingerprint density at radius 1 is 1.29 bits per heavy atom. The van der Waals surface area contributed by atoms with Crippen LogP contribution in [0.25, 0.3) is 0 Å². The maximum atomic E-state index is 11.7. The highest BCUT2D eigenvalue weighted by molar-refractivity contribution is 8.00. The lowest BCUT2D eigenvalue weighted by Crippen LogP contribution is -2.53. The zero-order valence-electron chi connectivity index (χ0n) is 9.20. The number of carbonyl (C=O) groups is 2. The van der Waals surface area contributed by atoms with Gasteiger partial charge in [0.1, 0.15) is 0 Å². The Morgan fingerprint density at radius 3 is 2.53 bits per heavy atom. The number of nitrogens with zero attached hydrogens (tertiary/aromatic N) is 1. The van der Waals surface area contributed by atoms with E-state index in [1.54, 1.807) is 4.90 Å². The normalized spacial score (nSPS) is 15.4. The SMILES string of the molecule is O=C(O)C1CN(C(=O)CSc2ccccc2)C1. The van der Waals surface area contributed by atoms with Crippen molar-refractivity contribution in [1.29, 1.82) is 0 Å². The topological polar surface area (TPSA) is 57.6 Å². The fraction of sp³-hybridized carbons (Fsp3) is 0.333. The van der Waals surface area contributed by atoms with Gasteiger partial charge in [0.05, 0.1) is 11.7 Å². The summed E-state index contributed by atoms with van der Waals surface area (Å²) in [5.74, 6) is -0.808. The minimum Gasteiger partial charge on any atom is -0.481 e. The zero-order chi connectivity index (χ0) is 12.3. The summed E-state index contributed by atoms with van der Waals surface area (Å²) in [6.45, 7) is 0.701. The molecule has 1 saturated heterocycles. The quantitative estimate of drug-likeness (QED) is 0.820. The van der Waals surface area contributed by atoms with Gasteiger partial charge in [-0.1, -0.05) is 18.2 Å². The van der Waals surface area contributed by atoms with Gasteiger partial charge >= 0.3 is 5.97 Å². The molecule has 1 fully saturated rings. The molecule has 0 bridgehead atoms. The smallest absolute Gasteiger partial charge is 0.310 e. The molecule has 0 aromatic heterocycles. The standard InChI is InChI=1S/C12H13NO3S/c14-11(13-6-9(7-13)12(15)16)8-17-10-4-2-1-3-5-10/h1-5,9H,6-8H2,(H,15,16). The van der Waals surface area contributed by atoms with Crippen molar-refractivity contribution in [2.45, 2.75) is 4.90 Å². The van der Waals surface area contributed by atoms with Gasteiger partial charge in [-0.15, -0.1) is 11.8 Å². The Balaban J connectivity index is 1.74. The summed E-state index contributed by atoms with van der Waals surface area (Å²) >= 11 is 1.48. The first-order valence-electron chi connectivity index (χ1n) is 5.35. The van der Waals surface area contributed by atoms with Gasteiger partial charge in [-0.2, -0.15) is 0 Å². The lowest BCUT2D eigenvalue weighted by atomic mass is 10.0. The van der Waals surface area contributed by atoms with Crippen LogP contribution in [-0.2, 0) is 9.59 Å². The van der Waals surface area contributed by atoms with E-state index in [1.165, 1.54) is 11.8 Å². The number of hydrogen-bond acceptors (Lipinski definition) is 3. The van der Waals surface area contributed by atoms with Crippen molar-refractivity contribution in [3.8, 4) is 0 Å². The average molecular weight is 251 g/mol. The van der Waals surface area contributed by atoms with Crippen molar-refractivity contribution >= 4 is 23.6 Å². The number of benzene rings is 1. The lowest BCUT2D eigenvalue weighted by Gasteiger charge is -2.36. The maximum absolute atomic E-state index is 11.7. The van der Waals surface area contributed by atoms with Crippen LogP contribution in [0, 0.1) is 5.92 Å². The number of amides is 1. The minimum atomic E-state index is -0.815. The van der Waals surface area contributed by atoms with Crippen molar-refractivity contribution in [2.75, 3.05) is 18.8 Å². The zero-order valence-corrected chi connectivity index (χ0v) is 10.0. The summed E-state index contributed by atoms with van der Waals surface area (Å²) in [4.78, 5) is 24.9. The first-order chi connectivity index (χ1) is 8.16. The van der Waals surface area contributed by atoms with E-state index in [4.69, 9.17) is 5.11 Å². The summed E-state index contributed by atoms with van der Waals surface area (Å²) in [6, 6.07) is 9.69. The number of thioether (sulfide) groups is 1. The molecule has 1 heterocycles. The van der Waals surface area contributed by atoms with Crippen LogP contribution in [0.4, 0.5) is 0 Å². The molecule has 1 aromatic carbocycles. The van der Waals surface area contributed by atoms with Crippen LogP contribution in [0.3, 0.4) is 0 Å². The molecule has 5 heteroatoms. The maximum Gasteiger partial charge on any atom is 0.310 e. The van der Waals surface area contributed by atoms with E-state index in [9.17, 15) is 9.59 Å². The van der Waals surface area contributed by atoms with Crippen molar-refractivity contribution in [3.05, 3.63) is 30.3 Å². The highest BCUT2D eigenvalue weighted by Gasteiger charge is 2.35. The fourth-order valence-electron chi connectivity index (χ4n) is 1.59. The number of likely N-dealkylation sites (tertiary alicyclic amines) is 1. The Bertz CT molecular complexity index is 415. The molecule has 0 saturated carbocycles. The molecule has 0 unspecified atom stereocenters. The van der Waals surface area contributed by atoms with Crippen LogP contribution in [0.2, 0.25) is 0 Å². The van der Waals surface area contributed by atoms with Gasteiger partial charge < -0.3 is 10.0 Å². The highest BCUT2D eigenvalue weighted by atomic mass is 32.2. The van der Waals surface area contributed by atoms with Crippen LogP contribution in [0.15, 0.2) is 35.2 Å². The molecular weight excluding hydrogens is 238 g/mol. The molecule has 17 heavy (non-hydrogen) atoms. The Hall–Kier alpha value is -1.49. The number of carbonyl (C=O) groups excluding carboxylic acids is 1. The number of rotatable bonds is 4. The van der Waals surface area contributed by atoms with Crippen LogP contribution in [-0.4, -0.2) is 40.7 Å². The molecule has 1 aromatic rings. The van der Waals surface area contributed by atoms with E-state index in [0.717, 1.165) is 4.90 Å². The number of carboxylic acid groups (broad SMARTS) is 1. The van der Waals surface area contributed by atoms with Crippen molar-refractivity contribution in [2.24, 2.45) is 5.92 Å². The molecule has 1 amide bonds. The first kappa shape index (κ1) is 12.0. The fourth-order valence-corrected chi connectivity index (χ4v) is 2.41. The monoisotopic (exact) mass is 251 g/mol. The van der Waals surface area contributed by atoms with Crippen LogP contribution < -0.4 is 0 Å². The molecule has 0 atom stereocenters.